The van der Waals surface area contributed by atoms with Crippen LogP contribution < -0.4 is 0 Å². The van der Waals surface area contributed by atoms with Crippen LogP contribution in [0.4, 0.5) is 0 Å². The molecule has 1 rings (SSSR count). The second kappa shape index (κ2) is 5.94. The topological polar surface area (TPSA) is 0 Å². The van der Waals surface area contributed by atoms with Crippen molar-refractivity contribution in [2.24, 2.45) is 5.41 Å². The van der Waals surface area contributed by atoms with Gasteiger partial charge in [0.15, 0.2) is 0 Å². The van der Waals surface area contributed by atoms with Crippen LogP contribution in [0.2, 0.25) is 0 Å². The molecule has 1 aromatic rings. The lowest BCUT2D eigenvalue weighted by molar-refractivity contribution is 0.399. The highest BCUT2D eigenvalue weighted by atomic mass is 14.3. The van der Waals surface area contributed by atoms with Crippen molar-refractivity contribution in [2.75, 3.05) is 0 Å². The van der Waals surface area contributed by atoms with Crippen molar-refractivity contribution >= 4 is 0 Å². The van der Waals surface area contributed by atoms with E-state index < -0.39 is 0 Å². The van der Waals surface area contributed by atoms with Gasteiger partial charge in [-0.25, -0.2) is 0 Å². The Hall–Kier alpha value is -0.780. The number of hydrogen-bond donors (Lipinski definition) is 0. The van der Waals surface area contributed by atoms with Gasteiger partial charge in [-0.3, -0.25) is 0 Å². The molecule has 0 heteroatoms. The number of rotatable bonds is 1. The van der Waals surface area contributed by atoms with Crippen molar-refractivity contribution in [1.29, 1.82) is 0 Å². The SMILES string of the molecule is CC(C)(C)Cc1c(C(C)(C)C)cc(C(C)(C)C)cc1C(C)(C)C. The van der Waals surface area contributed by atoms with Gasteiger partial charge < -0.3 is 0 Å². The van der Waals surface area contributed by atoms with E-state index in [0.717, 1.165) is 6.42 Å². The molecule has 0 N–H and O–H groups in total. The molecule has 0 fully saturated rings. The lowest BCUT2D eigenvalue weighted by Gasteiger charge is -2.35. The number of benzene rings is 1. The highest BCUT2D eigenvalue weighted by Crippen LogP contribution is 2.40. The van der Waals surface area contributed by atoms with Gasteiger partial charge in [-0.15, -0.1) is 0 Å². The van der Waals surface area contributed by atoms with E-state index in [1.807, 2.05) is 0 Å². The van der Waals surface area contributed by atoms with E-state index in [1.165, 1.54) is 16.7 Å². The maximum Gasteiger partial charge on any atom is -0.0129 e. The van der Waals surface area contributed by atoms with Crippen LogP contribution in [0, 0.1) is 5.41 Å². The third kappa shape index (κ3) is 5.37. The van der Waals surface area contributed by atoms with Crippen LogP contribution in [0.15, 0.2) is 12.1 Å². The highest BCUT2D eigenvalue weighted by Gasteiger charge is 2.30. The van der Waals surface area contributed by atoms with Crippen molar-refractivity contribution < 1.29 is 0 Å². The third-order valence-corrected chi connectivity index (χ3v) is 4.44. The number of hydrogen-bond acceptors (Lipinski definition) is 0. The zero-order chi connectivity index (χ0) is 18.4. The summed E-state index contributed by atoms with van der Waals surface area (Å²) in [5.74, 6) is 0. The Bertz CT molecular complexity index is 511. The first-order valence-electron chi connectivity index (χ1n) is 9.11. The van der Waals surface area contributed by atoms with Gasteiger partial charge in [-0.05, 0) is 50.3 Å². The van der Waals surface area contributed by atoms with Gasteiger partial charge in [0.05, 0.1) is 0 Å². The molecule has 0 nitrogen and oxygen atoms in total. The average Bonchev–Trinajstić information content (AvgIpc) is 2.21. The summed E-state index contributed by atoms with van der Waals surface area (Å²) >= 11 is 0. The van der Waals surface area contributed by atoms with E-state index in [2.05, 4.69) is 95.2 Å². The third-order valence-electron chi connectivity index (χ3n) is 4.44. The molecule has 0 saturated heterocycles. The van der Waals surface area contributed by atoms with Crippen LogP contribution in [-0.4, -0.2) is 0 Å². The van der Waals surface area contributed by atoms with Gasteiger partial charge in [0.25, 0.3) is 0 Å². The summed E-state index contributed by atoms with van der Waals surface area (Å²) < 4.78 is 0. The minimum Gasteiger partial charge on any atom is -0.0599 e. The van der Waals surface area contributed by atoms with Crippen molar-refractivity contribution in [3.8, 4) is 0 Å². The summed E-state index contributed by atoms with van der Waals surface area (Å²) in [7, 11) is 0. The second-order valence-electron chi connectivity index (χ2n) is 11.5. The maximum absolute atomic E-state index is 2.48. The van der Waals surface area contributed by atoms with Crippen molar-refractivity contribution in [3.63, 3.8) is 0 Å². The Morgan fingerprint density at radius 2 is 0.913 bits per heavy atom. The molecule has 0 aliphatic rings. The minimum atomic E-state index is 0.168. The molecule has 132 valence electrons. The van der Waals surface area contributed by atoms with Gasteiger partial charge in [-0.1, -0.05) is 95.2 Å². The lowest BCUT2D eigenvalue weighted by atomic mass is 9.69. The Balaban J connectivity index is 3.82. The van der Waals surface area contributed by atoms with Crippen LogP contribution in [0.3, 0.4) is 0 Å². The van der Waals surface area contributed by atoms with E-state index in [1.54, 1.807) is 5.56 Å². The standard InChI is InChI=1S/C23H40/c1-20(2,3)15-17-18(22(7,8)9)13-16(21(4,5)6)14-19(17)23(10,11)12/h13-14H,15H2,1-12H3. The highest BCUT2D eigenvalue weighted by molar-refractivity contribution is 5.48. The molecule has 0 radical (unpaired) electrons. The Labute approximate surface area is 146 Å². The molecule has 0 heterocycles. The fourth-order valence-corrected chi connectivity index (χ4v) is 3.16. The maximum atomic E-state index is 2.48. The Morgan fingerprint density at radius 1 is 0.565 bits per heavy atom. The van der Waals surface area contributed by atoms with Crippen LogP contribution in [0.1, 0.15) is 105 Å². The quantitative estimate of drug-likeness (QED) is 0.515. The Kier molecular flexibility index (Phi) is 5.23. The van der Waals surface area contributed by atoms with Gasteiger partial charge in [0.2, 0.25) is 0 Å². The average molecular weight is 317 g/mol. The lowest BCUT2D eigenvalue weighted by Crippen LogP contribution is -2.26. The predicted octanol–water partition coefficient (Wildman–Crippen LogP) is 7.17. The zero-order valence-electron chi connectivity index (χ0n) is 17.9. The smallest absolute Gasteiger partial charge is 0.0129 e. The Morgan fingerprint density at radius 3 is 1.13 bits per heavy atom. The van der Waals surface area contributed by atoms with E-state index in [-0.39, 0.29) is 16.2 Å². The molecule has 0 aromatic heterocycles. The fourth-order valence-electron chi connectivity index (χ4n) is 3.16. The van der Waals surface area contributed by atoms with Gasteiger partial charge in [-0.2, -0.15) is 0 Å². The van der Waals surface area contributed by atoms with Crippen molar-refractivity contribution in [2.45, 2.75) is 106 Å². The first-order valence-corrected chi connectivity index (χ1v) is 9.11. The largest absolute Gasteiger partial charge is 0.0599 e. The summed E-state index contributed by atoms with van der Waals surface area (Å²) in [5, 5.41) is 0. The van der Waals surface area contributed by atoms with Crippen LogP contribution in [0.5, 0.6) is 0 Å². The van der Waals surface area contributed by atoms with E-state index >= 15 is 0 Å². The van der Waals surface area contributed by atoms with E-state index in [0.29, 0.717) is 5.41 Å². The van der Waals surface area contributed by atoms with E-state index in [9.17, 15) is 0 Å². The normalized spacial score (nSPS) is 14.3. The summed E-state index contributed by atoms with van der Waals surface area (Å²) in [4.78, 5) is 0. The first-order chi connectivity index (χ1) is 9.93. The van der Waals surface area contributed by atoms with E-state index in [4.69, 9.17) is 0 Å². The molecular weight excluding hydrogens is 276 g/mol. The monoisotopic (exact) mass is 316 g/mol. The second-order valence-corrected chi connectivity index (χ2v) is 11.5. The summed E-state index contributed by atoms with van der Waals surface area (Å²) in [5.41, 5.74) is 6.91. The van der Waals surface area contributed by atoms with Crippen molar-refractivity contribution in [3.05, 3.63) is 34.4 Å². The predicted molar refractivity (Wildman–Crippen MR) is 106 cm³/mol. The molecular formula is C23H40. The van der Waals surface area contributed by atoms with Crippen LogP contribution in [-0.2, 0) is 22.7 Å². The summed E-state index contributed by atoms with van der Waals surface area (Å²) in [6, 6.07) is 4.96. The molecule has 0 amide bonds. The molecule has 23 heavy (non-hydrogen) atoms. The zero-order valence-corrected chi connectivity index (χ0v) is 17.9. The van der Waals surface area contributed by atoms with Gasteiger partial charge in [0.1, 0.15) is 0 Å². The van der Waals surface area contributed by atoms with Gasteiger partial charge >= 0.3 is 0 Å². The molecule has 0 aliphatic heterocycles. The molecule has 0 spiro atoms. The summed E-state index contributed by atoms with van der Waals surface area (Å²) in [6.45, 7) is 28.2. The molecule has 1 aromatic carbocycles. The van der Waals surface area contributed by atoms with Crippen LogP contribution >= 0.6 is 0 Å². The van der Waals surface area contributed by atoms with Crippen LogP contribution in [0.25, 0.3) is 0 Å². The van der Waals surface area contributed by atoms with Crippen molar-refractivity contribution in [1.82, 2.24) is 0 Å². The molecule has 0 aliphatic carbocycles. The molecule has 0 bridgehead atoms. The molecule has 0 atom stereocenters. The van der Waals surface area contributed by atoms with Gasteiger partial charge in [0, 0.05) is 0 Å². The summed E-state index contributed by atoms with van der Waals surface area (Å²) in [6.07, 6.45) is 1.14. The molecule has 0 unspecified atom stereocenters. The molecule has 0 saturated carbocycles. The first kappa shape index (κ1) is 20.3. The minimum absolute atomic E-state index is 0.168. The fraction of sp³-hybridized carbons (Fsp3) is 0.739.